The number of hydrogen-bond acceptors (Lipinski definition) is 21. The third kappa shape index (κ3) is 29.3. The number of rotatable bonds is 48. The number of hydrogen-bond donors (Lipinski definition) is 4. The van der Waals surface area contributed by atoms with E-state index in [0.717, 1.165) is 39.3 Å². The molecular formula is C59H92N2O21. The van der Waals surface area contributed by atoms with Crippen molar-refractivity contribution in [1.29, 1.82) is 0 Å². The van der Waals surface area contributed by atoms with E-state index in [9.17, 15) is 34.5 Å². The molecule has 1 fully saturated rings. The summed E-state index contributed by atoms with van der Waals surface area (Å²) in [6.07, 6.45) is 0.823. The number of ether oxygens (including phenoxy) is 14. The van der Waals surface area contributed by atoms with Gasteiger partial charge in [-0.1, -0.05) is 30.3 Å². The summed E-state index contributed by atoms with van der Waals surface area (Å²) in [5, 5.41) is 33.5. The maximum atomic E-state index is 13.7. The van der Waals surface area contributed by atoms with Crippen molar-refractivity contribution in [1.82, 2.24) is 10.2 Å². The first kappa shape index (κ1) is 69.9. The molecule has 1 saturated heterocycles. The first-order chi connectivity index (χ1) is 39.8. The van der Waals surface area contributed by atoms with Gasteiger partial charge in [0.1, 0.15) is 43.3 Å². The van der Waals surface area contributed by atoms with Crippen LogP contribution in [0, 0.1) is 5.41 Å². The zero-order valence-electron chi connectivity index (χ0n) is 48.6. The lowest BCUT2D eigenvalue weighted by atomic mass is 9.92. The first-order valence-electron chi connectivity index (χ1n) is 28.5. The van der Waals surface area contributed by atoms with Crippen molar-refractivity contribution in [3.63, 3.8) is 0 Å². The zero-order chi connectivity index (χ0) is 59.1. The largest absolute Gasteiger partial charge is 0.491 e. The molecule has 0 aromatic heterocycles. The number of methoxy groups -OCH3 is 1. The number of benzene rings is 2. The van der Waals surface area contributed by atoms with Gasteiger partial charge in [0.15, 0.2) is 0 Å². The van der Waals surface area contributed by atoms with E-state index in [0.29, 0.717) is 190 Å². The Kier molecular flexibility index (Phi) is 36.1. The van der Waals surface area contributed by atoms with Crippen molar-refractivity contribution in [2.75, 3.05) is 166 Å². The molecule has 23 heteroatoms. The van der Waals surface area contributed by atoms with Crippen LogP contribution in [0.4, 0.5) is 0 Å². The highest BCUT2D eigenvalue weighted by Gasteiger charge is 2.38. The Bertz CT molecular complexity index is 2070. The van der Waals surface area contributed by atoms with Crippen molar-refractivity contribution in [3.8, 4) is 5.75 Å². The van der Waals surface area contributed by atoms with Crippen molar-refractivity contribution in [3.05, 3.63) is 76.9 Å². The lowest BCUT2D eigenvalue weighted by Crippen LogP contribution is -2.52. The molecule has 2 aromatic rings. The summed E-state index contributed by atoms with van der Waals surface area (Å²) in [6, 6.07) is 11.9. The highest BCUT2D eigenvalue weighted by molar-refractivity contribution is 6.15. The van der Waals surface area contributed by atoms with Gasteiger partial charge in [-0.25, -0.2) is 0 Å². The van der Waals surface area contributed by atoms with Gasteiger partial charge in [0, 0.05) is 32.2 Å². The van der Waals surface area contributed by atoms with Crippen LogP contribution < -0.4 is 10.1 Å². The minimum atomic E-state index is -1.31. The monoisotopic (exact) mass is 1160 g/mol. The molecule has 0 aliphatic carbocycles. The second-order valence-electron chi connectivity index (χ2n) is 20.3. The highest BCUT2D eigenvalue weighted by atomic mass is 16.6. The minimum Gasteiger partial charge on any atom is -0.491 e. The van der Waals surface area contributed by atoms with E-state index in [1.54, 1.807) is 52.1 Å². The van der Waals surface area contributed by atoms with Gasteiger partial charge in [-0.15, -0.1) is 0 Å². The van der Waals surface area contributed by atoms with Crippen LogP contribution in [0.2, 0.25) is 0 Å². The van der Waals surface area contributed by atoms with E-state index >= 15 is 0 Å². The summed E-state index contributed by atoms with van der Waals surface area (Å²) in [5.74, 6) is -1.31. The molecule has 2 aromatic carbocycles. The summed E-state index contributed by atoms with van der Waals surface area (Å²) >= 11 is 0. The van der Waals surface area contributed by atoms with E-state index in [2.05, 4.69) is 5.32 Å². The van der Waals surface area contributed by atoms with Crippen molar-refractivity contribution >= 4 is 23.7 Å². The predicted molar refractivity (Wildman–Crippen MR) is 298 cm³/mol. The van der Waals surface area contributed by atoms with E-state index in [4.69, 9.17) is 66.3 Å². The first-order valence-corrected chi connectivity index (χ1v) is 28.5. The summed E-state index contributed by atoms with van der Waals surface area (Å²) < 4.78 is 77.0. The number of carbonyl (C=O) groups excluding carboxylic acids is 4. The second kappa shape index (κ2) is 42.3. The number of imide groups is 1. The molecule has 82 heavy (non-hydrogen) atoms. The van der Waals surface area contributed by atoms with Crippen LogP contribution in [-0.2, 0) is 107 Å². The van der Waals surface area contributed by atoms with Crippen molar-refractivity contribution < 1.29 is 101 Å². The maximum absolute atomic E-state index is 13.7. The molecule has 2 aliphatic rings. The van der Waals surface area contributed by atoms with E-state index < -0.39 is 53.6 Å². The molecule has 5 atom stereocenters. The van der Waals surface area contributed by atoms with Gasteiger partial charge in [-0.3, -0.25) is 24.1 Å². The van der Waals surface area contributed by atoms with Gasteiger partial charge in [0.25, 0.3) is 11.8 Å². The van der Waals surface area contributed by atoms with Crippen LogP contribution in [0.3, 0.4) is 0 Å². The SMILES string of the molecule is COCCOCCOCCOCCOCCOCCOCCOCCOCCOCCOCCOc1ccc(C[C@@H](C(=O)NCCCCc2ccc(COC(=O)C(C)(C)C)c(CC[C@@H]3OC[C@@H](O)[C@H](O)[C@H]3O)c2)N2C(=O)C=CC2=O)cc1. The van der Waals surface area contributed by atoms with Crippen molar-refractivity contribution in [2.24, 2.45) is 5.41 Å². The Morgan fingerprint density at radius 1 is 0.598 bits per heavy atom. The Hall–Kier alpha value is -4.54. The van der Waals surface area contributed by atoms with Crippen LogP contribution >= 0.6 is 0 Å². The van der Waals surface area contributed by atoms with Gasteiger partial charge in [0.2, 0.25) is 5.91 Å². The molecule has 0 saturated carbocycles. The summed E-state index contributed by atoms with van der Waals surface area (Å²) in [7, 11) is 1.64. The van der Waals surface area contributed by atoms with Gasteiger partial charge >= 0.3 is 5.97 Å². The molecule has 0 radical (unpaired) electrons. The highest BCUT2D eigenvalue weighted by Crippen LogP contribution is 2.25. The number of unbranched alkanes of at least 4 members (excludes halogenated alkanes) is 1. The molecular weight excluding hydrogens is 1070 g/mol. The Balaban J connectivity index is 1.00. The standard InChI is InChI=1S/C59H92N2O21/c1-59(2,3)58(68)82-43-48-11-8-45(41-47(48)12-15-52-56(66)55(65)51(62)44-81-52)7-5-6-18-60-57(67)50(61-53(63)16-17-54(61)64)42-46-9-13-49(14-10-46)80-40-39-79-38-37-78-36-35-77-34-33-76-32-31-75-30-29-74-28-27-73-26-25-72-24-23-71-22-21-70-20-19-69-4/h8-11,13-14,16-17,41,50-52,55-56,62,65-66H,5-7,12,15,18-40,42-44H2,1-4H3,(H,60,67)/t50-,51+,52-,55-,56-/m0/s1. The number of nitrogens with one attached hydrogen (secondary N) is 1. The van der Waals surface area contributed by atoms with Gasteiger partial charge in [-0.2, -0.15) is 0 Å². The minimum absolute atomic E-state index is 0.0655. The van der Waals surface area contributed by atoms with Crippen LogP contribution in [0.25, 0.3) is 0 Å². The molecule has 0 unspecified atom stereocenters. The Morgan fingerprint density at radius 2 is 1.06 bits per heavy atom. The number of amides is 3. The quantitative estimate of drug-likeness (QED) is 0.0421. The van der Waals surface area contributed by atoms with Gasteiger partial charge < -0.3 is 87.0 Å². The molecule has 2 heterocycles. The average Bonchev–Trinajstić information content (AvgIpc) is 4.06. The summed E-state index contributed by atoms with van der Waals surface area (Å²) in [6.45, 7) is 15.8. The van der Waals surface area contributed by atoms with Gasteiger partial charge in [0.05, 0.1) is 157 Å². The topological polar surface area (TPSA) is 273 Å². The lowest BCUT2D eigenvalue weighted by Gasteiger charge is -2.35. The molecule has 0 spiro atoms. The fourth-order valence-electron chi connectivity index (χ4n) is 8.18. The van der Waals surface area contributed by atoms with Crippen LogP contribution in [0.5, 0.6) is 5.75 Å². The van der Waals surface area contributed by atoms with E-state index in [-0.39, 0.29) is 25.6 Å². The number of nitrogens with zero attached hydrogens (tertiary/aromatic N) is 1. The van der Waals surface area contributed by atoms with Crippen LogP contribution in [0.15, 0.2) is 54.6 Å². The van der Waals surface area contributed by atoms with Crippen molar-refractivity contribution in [2.45, 2.75) is 96.4 Å². The number of aliphatic hydroxyl groups is 3. The lowest BCUT2D eigenvalue weighted by molar-refractivity contribution is -0.188. The third-order valence-electron chi connectivity index (χ3n) is 12.8. The molecule has 0 bridgehead atoms. The van der Waals surface area contributed by atoms with Gasteiger partial charge in [-0.05, 0) is 87.3 Å². The molecule has 2 aliphatic heterocycles. The van der Waals surface area contributed by atoms with Crippen LogP contribution in [-0.4, -0.2) is 240 Å². The zero-order valence-corrected chi connectivity index (χ0v) is 48.6. The fraction of sp³-hybridized carbons (Fsp3) is 0.695. The predicted octanol–water partition coefficient (Wildman–Crippen LogP) is 2.36. The molecule has 3 amide bonds. The average molecular weight is 1170 g/mol. The van der Waals surface area contributed by atoms with E-state index in [1.165, 1.54) is 0 Å². The number of aliphatic hydroxyl groups excluding tert-OH is 3. The number of aryl methyl sites for hydroxylation is 2. The summed E-state index contributed by atoms with van der Waals surface area (Å²) in [5.41, 5.74) is 2.77. The molecule has 4 rings (SSSR count). The number of esters is 1. The second-order valence-corrected chi connectivity index (χ2v) is 20.3. The Morgan fingerprint density at radius 3 is 1.54 bits per heavy atom. The number of carbonyl (C=O) groups is 4. The molecule has 4 N–H and O–H groups in total. The third-order valence-corrected chi connectivity index (χ3v) is 12.8. The smallest absolute Gasteiger partial charge is 0.311 e. The normalized spacial score (nSPS) is 17.7. The Labute approximate surface area is 483 Å². The summed E-state index contributed by atoms with van der Waals surface area (Å²) in [4.78, 5) is 52.8. The van der Waals surface area contributed by atoms with E-state index in [1.807, 2.05) is 18.2 Å². The molecule has 464 valence electrons. The fourth-order valence-corrected chi connectivity index (χ4v) is 8.18. The molecule has 23 nitrogen and oxygen atoms in total. The maximum Gasteiger partial charge on any atom is 0.311 e. The van der Waals surface area contributed by atoms with Crippen LogP contribution in [0.1, 0.15) is 62.3 Å².